The summed E-state index contributed by atoms with van der Waals surface area (Å²) in [6, 6.07) is 11.1. The minimum absolute atomic E-state index is 0.103. The van der Waals surface area contributed by atoms with Gasteiger partial charge in [0.25, 0.3) is 11.8 Å². The van der Waals surface area contributed by atoms with Gasteiger partial charge in [-0.3, -0.25) is 9.59 Å². The van der Waals surface area contributed by atoms with E-state index in [-0.39, 0.29) is 30.2 Å². The van der Waals surface area contributed by atoms with Crippen LogP contribution in [0.25, 0.3) is 0 Å². The highest BCUT2D eigenvalue weighted by atomic mass is 16.5. The van der Waals surface area contributed by atoms with Crippen LogP contribution in [0.4, 0.5) is 0 Å². The number of hydrogen-bond acceptors (Lipinski definition) is 4. The molecule has 128 valence electrons. The lowest BCUT2D eigenvalue weighted by Crippen LogP contribution is -2.27. The number of carbonyl (C=O) groups excluding carboxylic acids is 2. The number of likely N-dealkylation sites (N-methyl/N-ethyl adjacent to an activating group) is 1. The first-order chi connectivity index (χ1) is 11.4. The molecule has 2 amide bonds. The quantitative estimate of drug-likeness (QED) is 0.868. The summed E-state index contributed by atoms with van der Waals surface area (Å²) < 4.78 is 6.85. The summed E-state index contributed by atoms with van der Waals surface area (Å²) in [5, 5.41) is 7.03. The molecule has 0 fully saturated rings. The van der Waals surface area contributed by atoms with Crippen LogP contribution in [0.2, 0.25) is 0 Å². The van der Waals surface area contributed by atoms with E-state index in [0.717, 1.165) is 5.56 Å². The van der Waals surface area contributed by atoms with Crippen molar-refractivity contribution in [1.82, 2.24) is 20.0 Å². The fraction of sp³-hybridized carbons (Fsp3) is 0.353. The summed E-state index contributed by atoms with van der Waals surface area (Å²) in [7, 11) is 4.96. The Kier molecular flexibility index (Phi) is 5.57. The van der Waals surface area contributed by atoms with E-state index in [1.54, 1.807) is 21.1 Å². The van der Waals surface area contributed by atoms with Gasteiger partial charge in [0.1, 0.15) is 0 Å². The van der Waals surface area contributed by atoms with Crippen LogP contribution in [0.5, 0.6) is 5.88 Å². The molecule has 0 spiro atoms. The molecule has 7 heteroatoms. The highest BCUT2D eigenvalue weighted by molar-refractivity contribution is 5.92. The summed E-state index contributed by atoms with van der Waals surface area (Å²) in [6.45, 7) is 1.80. The number of hydrogen-bond donors (Lipinski definition) is 1. The average Bonchev–Trinajstić information content (AvgIpc) is 2.94. The molecular formula is C17H22N4O3. The summed E-state index contributed by atoms with van der Waals surface area (Å²) in [4.78, 5) is 25.3. The van der Waals surface area contributed by atoms with E-state index in [4.69, 9.17) is 4.74 Å². The normalized spacial score (nSPS) is 11.7. The Hall–Kier alpha value is -2.83. The van der Waals surface area contributed by atoms with Crippen LogP contribution >= 0.6 is 0 Å². The minimum atomic E-state index is -0.296. The van der Waals surface area contributed by atoms with Crippen molar-refractivity contribution in [2.24, 2.45) is 7.05 Å². The Morgan fingerprint density at radius 3 is 2.58 bits per heavy atom. The van der Waals surface area contributed by atoms with E-state index in [2.05, 4.69) is 10.4 Å². The van der Waals surface area contributed by atoms with E-state index in [0.29, 0.717) is 5.88 Å². The Balaban J connectivity index is 2.00. The molecule has 0 saturated carbocycles. The fourth-order valence-electron chi connectivity index (χ4n) is 2.06. The standard InChI is InChI=1S/C17H22N4O3/c1-12(13-8-6-5-7-9-13)18-17(23)14-10-16(21(4)19-14)24-11-15(22)20(2)3/h5-10,12H,11H2,1-4H3,(H,18,23). The second kappa shape index (κ2) is 7.63. The first-order valence-corrected chi connectivity index (χ1v) is 7.61. The topological polar surface area (TPSA) is 76.5 Å². The van der Waals surface area contributed by atoms with E-state index in [1.165, 1.54) is 15.6 Å². The number of aryl methyl sites for hydroxylation is 1. The third kappa shape index (κ3) is 4.34. The lowest BCUT2D eigenvalue weighted by Gasteiger charge is -2.12. The van der Waals surface area contributed by atoms with Crippen LogP contribution in [0, 0.1) is 0 Å². The molecule has 1 unspecified atom stereocenters. The summed E-state index contributed by atoms with van der Waals surface area (Å²) in [5.74, 6) is -0.0987. The molecule has 0 aliphatic heterocycles. The number of amides is 2. The molecule has 0 radical (unpaired) electrons. The van der Waals surface area contributed by atoms with Crippen molar-refractivity contribution >= 4 is 11.8 Å². The maximum absolute atomic E-state index is 12.3. The number of nitrogens with one attached hydrogen (secondary N) is 1. The zero-order chi connectivity index (χ0) is 17.7. The van der Waals surface area contributed by atoms with Crippen molar-refractivity contribution < 1.29 is 14.3 Å². The second-order valence-corrected chi connectivity index (χ2v) is 5.67. The van der Waals surface area contributed by atoms with Gasteiger partial charge in [0.2, 0.25) is 5.88 Å². The van der Waals surface area contributed by atoms with Crippen LogP contribution < -0.4 is 10.1 Å². The summed E-state index contributed by atoms with van der Waals surface area (Å²) in [5.41, 5.74) is 1.25. The molecule has 1 aromatic heterocycles. The molecule has 24 heavy (non-hydrogen) atoms. The third-order valence-corrected chi connectivity index (χ3v) is 3.56. The summed E-state index contributed by atoms with van der Waals surface area (Å²) >= 11 is 0. The van der Waals surface area contributed by atoms with Gasteiger partial charge in [-0.15, -0.1) is 0 Å². The monoisotopic (exact) mass is 330 g/mol. The molecule has 1 N–H and O–H groups in total. The van der Waals surface area contributed by atoms with Gasteiger partial charge in [-0.25, -0.2) is 4.68 Å². The van der Waals surface area contributed by atoms with Gasteiger partial charge in [-0.05, 0) is 12.5 Å². The Labute approximate surface area is 141 Å². The first-order valence-electron chi connectivity index (χ1n) is 7.61. The molecule has 0 aliphatic rings. The van der Waals surface area contributed by atoms with Gasteiger partial charge in [0, 0.05) is 27.2 Å². The molecule has 1 atom stereocenters. The number of carbonyl (C=O) groups is 2. The predicted molar refractivity (Wildman–Crippen MR) is 89.7 cm³/mol. The second-order valence-electron chi connectivity index (χ2n) is 5.67. The number of ether oxygens (including phenoxy) is 1. The number of benzene rings is 1. The number of nitrogens with zero attached hydrogens (tertiary/aromatic N) is 3. The lowest BCUT2D eigenvalue weighted by molar-refractivity contribution is -0.130. The fourth-order valence-corrected chi connectivity index (χ4v) is 2.06. The van der Waals surface area contributed by atoms with Crippen LogP contribution in [0.1, 0.15) is 29.0 Å². The van der Waals surface area contributed by atoms with Crippen molar-refractivity contribution in [2.45, 2.75) is 13.0 Å². The van der Waals surface area contributed by atoms with Crippen molar-refractivity contribution in [1.29, 1.82) is 0 Å². The number of rotatable bonds is 6. The molecule has 2 rings (SSSR count). The SMILES string of the molecule is CC(NC(=O)c1cc(OCC(=O)N(C)C)n(C)n1)c1ccccc1. The first kappa shape index (κ1) is 17.5. The molecule has 0 saturated heterocycles. The Bertz CT molecular complexity index is 710. The summed E-state index contributed by atoms with van der Waals surface area (Å²) in [6.07, 6.45) is 0. The minimum Gasteiger partial charge on any atom is -0.468 e. The highest BCUT2D eigenvalue weighted by Crippen LogP contribution is 2.15. The molecule has 0 bridgehead atoms. The van der Waals surface area contributed by atoms with Crippen LogP contribution in [-0.4, -0.2) is 47.2 Å². The highest BCUT2D eigenvalue weighted by Gasteiger charge is 2.17. The predicted octanol–water partition coefficient (Wildman–Crippen LogP) is 1.38. The van der Waals surface area contributed by atoms with Gasteiger partial charge in [-0.2, -0.15) is 5.10 Å². The number of aromatic nitrogens is 2. The molecule has 1 heterocycles. The maximum atomic E-state index is 12.3. The molecule has 0 aliphatic carbocycles. The van der Waals surface area contributed by atoms with Crippen LogP contribution in [0.3, 0.4) is 0 Å². The Morgan fingerprint density at radius 1 is 1.29 bits per heavy atom. The van der Waals surface area contributed by atoms with Crippen molar-refractivity contribution in [2.75, 3.05) is 20.7 Å². The van der Waals surface area contributed by atoms with Crippen LogP contribution in [-0.2, 0) is 11.8 Å². The third-order valence-electron chi connectivity index (χ3n) is 3.56. The average molecular weight is 330 g/mol. The molecule has 7 nitrogen and oxygen atoms in total. The molecule has 2 aromatic rings. The maximum Gasteiger partial charge on any atom is 0.272 e. The van der Waals surface area contributed by atoms with Crippen molar-refractivity contribution in [3.8, 4) is 5.88 Å². The zero-order valence-corrected chi connectivity index (χ0v) is 14.3. The van der Waals surface area contributed by atoms with Gasteiger partial charge in [0.05, 0.1) is 6.04 Å². The van der Waals surface area contributed by atoms with Gasteiger partial charge >= 0.3 is 0 Å². The van der Waals surface area contributed by atoms with Crippen molar-refractivity contribution in [3.05, 3.63) is 47.7 Å². The van der Waals surface area contributed by atoms with E-state index < -0.39 is 0 Å². The van der Waals surface area contributed by atoms with Crippen molar-refractivity contribution in [3.63, 3.8) is 0 Å². The molecular weight excluding hydrogens is 308 g/mol. The largest absolute Gasteiger partial charge is 0.468 e. The van der Waals surface area contributed by atoms with E-state index >= 15 is 0 Å². The van der Waals surface area contributed by atoms with Crippen LogP contribution in [0.15, 0.2) is 36.4 Å². The van der Waals surface area contributed by atoms with E-state index in [1.807, 2.05) is 37.3 Å². The Morgan fingerprint density at radius 2 is 1.96 bits per heavy atom. The van der Waals surface area contributed by atoms with Gasteiger partial charge in [-0.1, -0.05) is 30.3 Å². The van der Waals surface area contributed by atoms with Gasteiger partial charge in [0.15, 0.2) is 12.3 Å². The smallest absolute Gasteiger partial charge is 0.272 e. The molecule has 1 aromatic carbocycles. The zero-order valence-electron chi connectivity index (χ0n) is 14.3. The van der Waals surface area contributed by atoms with Gasteiger partial charge < -0.3 is 15.0 Å². The lowest BCUT2D eigenvalue weighted by atomic mass is 10.1. The van der Waals surface area contributed by atoms with E-state index in [9.17, 15) is 9.59 Å².